The molecule has 4 unspecified atom stereocenters. The van der Waals surface area contributed by atoms with Crippen LogP contribution in [0.4, 0.5) is 0 Å². The van der Waals surface area contributed by atoms with Crippen LogP contribution < -0.4 is 0 Å². The molecule has 1 aliphatic heterocycles. The van der Waals surface area contributed by atoms with Gasteiger partial charge in [0.25, 0.3) is 0 Å². The third-order valence-corrected chi connectivity index (χ3v) is 8.78. The maximum absolute atomic E-state index is 13.8. The van der Waals surface area contributed by atoms with Gasteiger partial charge in [0, 0.05) is 29.7 Å². The lowest BCUT2D eigenvalue weighted by atomic mass is 9.59. The van der Waals surface area contributed by atoms with Gasteiger partial charge >= 0.3 is 0 Å². The molecule has 1 fully saturated rings. The Labute approximate surface area is 227 Å². The number of phenolic OH excluding ortho intramolecular Hbond substituents is 2. The first-order chi connectivity index (χ1) is 18.2. The van der Waals surface area contributed by atoms with Gasteiger partial charge in [0.15, 0.2) is 11.6 Å². The highest BCUT2D eigenvalue weighted by atomic mass is 79.9. The molecule has 2 aromatic rings. The lowest BCUT2D eigenvalue weighted by molar-refractivity contribution is -0.140. The number of fused-ring (bicyclic) bond motifs is 3. The van der Waals surface area contributed by atoms with E-state index in [1.165, 1.54) is 11.0 Å². The van der Waals surface area contributed by atoms with Gasteiger partial charge in [-0.15, -0.1) is 0 Å². The summed E-state index contributed by atoms with van der Waals surface area (Å²) in [6.45, 7) is 0.229. The Morgan fingerprint density at radius 3 is 2.42 bits per heavy atom. The summed E-state index contributed by atoms with van der Waals surface area (Å²) in [6.07, 6.45) is 4.29. The van der Waals surface area contributed by atoms with Crippen molar-refractivity contribution in [1.29, 1.82) is 0 Å². The molecule has 0 saturated carbocycles. The van der Waals surface area contributed by atoms with Crippen LogP contribution in [0.3, 0.4) is 0 Å². The third-order valence-electron chi connectivity index (χ3n) is 8.19. The van der Waals surface area contributed by atoms with Crippen LogP contribution in [-0.2, 0) is 25.6 Å². The van der Waals surface area contributed by atoms with Crippen molar-refractivity contribution in [1.82, 2.24) is 4.90 Å². The Hall–Kier alpha value is -3.78. The number of likely N-dealkylation sites (tertiary alicyclic amines) is 1. The minimum absolute atomic E-state index is 0.0416. The predicted octanol–water partition coefficient (Wildman–Crippen LogP) is 4.10. The van der Waals surface area contributed by atoms with Crippen molar-refractivity contribution < 1.29 is 29.4 Å². The van der Waals surface area contributed by atoms with Gasteiger partial charge < -0.3 is 10.2 Å². The van der Waals surface area contributed by atoms with Gasteiger partial charge in [0.2, 0.25) is 11.8 Å². The molecule has 4 atom stereocenters. The van der Waals surface area contributed by atoms with Crippen LogP contribution in [0.5, 0.6) is 11.5 Å². The second-order valence-corrected chi connectivity index (χ2v) is 11.1. The third kappa shape index (κ3) is 3.86. The number of phenols is 2. The lowest BCUT2D eigenvalue weighted by Gasteiger charge is -2.42. The highest BCUT2D eigenvalue weighted by Gasteiger charge is 2.56. The molecule has 2 aromatic carbocycles. The Bertz CT molecular complexity index is 1500. The zero-order valence-corrected chi connectivity index (χ0v) is 21.8. The first kappa shape index (κ1) is 24.6. The quantitative estimate of drug-likeness (QED) is 0.323. The summed E-state index contributed by atoms with van der Waals surface area (Å²) in [5, 5.41) is 19.7. The second kappa shape index (κ2) is 9.20. The number of halogens is 1. The molecular weight excluding hydrogens is 550 g/mol. The van der Waals surface area contributed by atoms with Crippen molar-refractivity contribution >= 4 is 39.3 Å². The average molecular weight is 574 g/mol. The zero-order chi connectivity index (χ0) is 26.7. The van der Waals surface area contributed by atoms with Crippen LogP contribution in [0.1, 0.15) is 29.9 Å². The molecule has 0 radical (unpaired) electrons. The molecule has 0 bridgehead atoms. The van der Waals surface area contributed by atoms with Gasteiger partial charge in [-0.1, -0.05) is 35.9 Å². The summed E-state index contributed by atoms with van der Waals surface area (Å²) in [7, 11) is 0. The van der Waals surface area contributed by atoms with Gasteiger partial charge in [-0.25, -0.2) is 0 Å². The Morgan fingerprint density at radius 2 is 1.68 bits per heavy atom. The van der Waals surface area contributed by atoms with E-state index in [4.69, 9.17) is 0 Å². The number of rotatable bonds is 4. The van der Waals surface area contributed by atoms with E-state index in [0.29, 0.717) is 29.6 Å². The fourth-order valence-corrected chi connectivity index (χ4v) is 6.93. The van der Waals surface area contributed by atoms with Crippen molar-refractivity contribution in [2.45, 2.75) is 25.2 Å². The van der Waals surface area contributed by atoms with Gasteiger partial charge in [-0.05, 0) is 76.5 Å². The lowest BCUT2D eigenvalue weighted by Crippen LogP contribution is -2.39. The number of aromatic hydroxyl groups is 2. The number of imide groups is 1. The summed E-state index contributed by atoms with van der Waals surface area (Å²) in [5.74, 6) is -2.97. The van der Waals surface area contributed by atoms with E-state index in [9.17, 15) is 29.4 Å². The fraction of sp³-hybridized carbons (Fsp3) is 0.267. The minimum atomic E-state index is -0.622. The van der Waals surface area contributed by atoms with Crippen molar-refractivity contribution in [3.8, 4) is 11.5 Å². The number of amides is 2. The maximum atomic E-state index is 13.8. The summed E-state index contributed by atoms with van der Waals surface area (Å²) in [6, 6.07) is 13.3. The first-order valence-corrected chi connectivity index (χ1v) is 13.3. The number of Topliss-reactive ketones (excluding diaryl/α,β-unsaturated/α-hetero) is 1. The van der Waals surface area contributed by atoms with E-state index in [2.05, 4.69) is 15.9 Å². The van der Waals surface area contributed by atoms with Crippen LogP contribution in [0, 0.1) is 17.8 Å². The minimum Gasteiger partial charge on any atom is -0.508 e. The van der Waals surface area contributed by atoms with Crippen LogP contribution in [0.25, 0.3) is 0 Å². The van der Waals surface area contributed by atoms with Crippen molar-refractivity contribution in [2.75, 3.05) is 6.54 Å². The average Bonchev–Trinajstić information content (AvgIpc) is 3.15. The summed E-state index contributed by atoms with van der Waals surface area (Å²) in [4.78, 5) is 54.9. The second-order valence-electron chi connectivity index (χ2n) is 10.2. The van der Waals surface area contributed by atoms with Crippen molar-refractivity contribution in [3.05, 3.63) is 93.0 Å². The highest BCUT2D eigenvalue weighted by molar-refractivity contribution is 9.12. The van der Waals surface area contributed by atoms with Crippen LogP contribution in [0.15, 0.2) is 81.9 Å². The van der Waals surface area contributed by atoms with E-state index in [-0.39, 0.29) is 52.3 Å². The van der Waals surface area contributed by atoms with Crippen molar-refractivity contribution in [2.24, 2.45) is 17.8 Å². The molecule has 2 N–H and O–H groups in total. The van der Waals surface area contributed by atoms with Crippen LogP contribution in [0.2, 0.25) is 0 Å². The molecule has 0 aromatic heterocycles. The number of ketones is 2. The highest BCUT2D eigenvalue weighted by Crippen LogP contribution is 2.55. The number of benzene rings is 2. The summed E-state index contributed by atoms with van der Waals surface area (Å²) >= 11 is 3.22. The first-order valence-electron chi connectivity index (χ1n) is 12.6. The summed E-state index contributed by atoms with van der Waals surface area (Å²) in [5.41, 5.74) is 3.16. The Morgan fingerprint density at radius 1 is 0.921 bits per heavy atom. The molecule has 4 aliphatic rings. The molecule has 8 heteroatoms. The predicted molar refractivity (Wildman–Crippen MR) is 141 cm³/mol. The number of carbonyl (C=O) groups excluding carboxylic acids is 4. The van der Waals surface area contributed by atoms with E-state index >= 15 is 0 Å². The van der Waals surface area contributed by atoms with Crippen LogP contribution >= 0.6 is 15.9 Å². The van der Waals surface area contributed by atoms with E-state index < -0.39 is 23.7 Å². The van der Waals surface area contributed by atoms with Gasteiger partial charge in [0.1, 0.15) is 11.5 Å². The fourth-order valence-electron chi connectivity index (χ4n) is 6.48. The topological polar surface area (TPSA) is 112 Å². The standard InChI is InChI=1S/C30H24BrNO6/c31-23-14-24(35)27-22(28(23)36)13-21-19(25(27)16-2-1-3-18(34)12-16)8-9-20-26(21)30(38)32(29(20)37)11-10-15-4-6-17(33)7-5-15/h1-8,12,14,20-21,25-26,33-34H,9-11,13H2. The Balaban J connectivity index is 1.37. The number of nitrogens with zero attached hydrogens (tertiary/aromatic N) is 1. The van der Waals surface area contributed by atoms with Gasteiger partial charge in [-0.3, -0.25) is 24.1 Å². The van der Waals surface area contributed by atoms with E-state index in [0.717, 1.165) is 11.1 Å². The molecule has 1 saturated heterocycles. The maximum Gasteiger partial charge on any atom is 0.233 e. The molecule has 0 spiro atoms. The zero-order valence-electron chi connectivity index (χ0n) is 20.3. The van der Waals surface area contributed by atoms with Gasteiger partial charge in [-0.2, -0.15) is 0 Å². The van der Waals surface area contributed by atoms with E-state index in [1.54, 1.807) is 48.5 Å². The monoisotopic (exact) mass is 573 g/mol. The molecule has 38 heavy (non-hydrogen) atoms. The molecule has 192 valence electrons. The van der Waals surface area contributed by atoms with Crippen molar-refractivity contribution in [3.63, 3.8) is 0 Å². The number of carbonyl (C=O) groups is 4. The molecular formula is C30H24BrNO6. The number of allylic oxidation sites excluding steroid dienone is 6. The SMILES string of the molecule is O=C1C=C(Br)C(=O)C2=C1C(c1cccc(O)c1)C1=CCC3C(=O)N(CCc4ccc(O)cc4)C(=O)C3C1C2. The molecule has 2 amide bonds. The molecule has 1 heterocycles. The Kier molecular flexibility index (Phi) is 5.94. The largest absolute Gasteiger partial charge is 0.508 e. The van der Waals surface area contributed by atoms with Gasteiger partial charge in [0.05, 0.1) is 16.3 Å². The molecule has 7 nitrogen and oxygen atoms in total. The molecule has 6 rings (SSSR count). The molecule has 3 aliphatic carbocycles. The normalized spacial score (nSPS) is 26.6. The number of hydrogen-bond acceptors (Lipinski definition) is 6. The number of hydrogen-bond donors (Lipinski definition) is 2. The van der Waals surface area contributed by atoms with Crippen LogP contribution in [-0.4, -0.2) is 45.0 Å². The summed E-state index contributed by atoms with van der Waals surface area (Å²) < 4.78 is 0.181. The smallest absolute Gasteiger partial charge is 0.233 e. The van der Waals surface area contributed by atoms with E-state index in [1.807, 2.05) is 6.08 Å².